The van der Waals surface area contributed by atoms with Gasteiger partial charge in [0, 0.05) is 36.0 Å². The largest absolute Gasteiger partial charge is 0.378 e. The maximum Gasteiger partial charge on any atom is 0.271 e. The van der Waals surface area contributed by atoms with Crippen LogP contribution in [-0.2, 0) is 0 Å². The van der Waals surface area contributed by atoms with Crippen molar-refractivity contribution < 1.29 is 9.85 Å². The molecule has 0 aliphatic rings. The topological polar surface area (TPSA) is 98.3 Å². The molecule has 0 aromatic heterocycles. The molecule has 0 fully saturated rings. The van der Waals surface area contributed by atoms with Crippen molar-refractivity contribution in [2.45, 2.75) is 13.0 Å². The van der Waals surface area contributed by atoms with Gasteiger partial charge in [-0.1, -0.05) is 18.2 Å². The average molecular weight is 287 g/mol. The highest BCUT2D eigenvalue weighted by atomic mass is 16.6. The van der Waals surface area contributed by atoms with Crippen LogP contribution in [0, 0.1) is 20.2 Å². The van der Waals surface area contributed by atoms with Gasteiger partial charge in [-0.25, -0.2) is 0 Å². The van der Waals surface area contributed by atoms with Crippen LogP contribution in [0.2, 0.25) is 0 Å². The van der Waals surface area contributed by atoms with Gasteiger partial charge in [0.25, 0.3) is 11.4 Å². The number of anilines is 1. The summed E-state index contributed by atoms with van der Waals surface area (Å²) in [5, 5.41) is 24.6. The van der Waals surface area contributed by atoms with E-state index in [4.69, 9.17) is 0 Å². The number of rotatable bonds is 5. The minimum absolute atomic E-state index is 0.00811. The Morgan fingerprint density at radius 2 is 1.52 bits per heavy atom. The molecule has 0 amide bonds. The smallest absolute Gasteiger partial charge is 0.271 e. The zero-order valence-corrected chi connectivity index (χ0v) is 11.2. The van der Waals surface area contributed by atoms with Crippen LogP contribution in [0.15, 0.2) is 48.5 Å². The minimum Gasteiger partial charge on any atom is -0.378 e. The average Bonchev–Trinajstić information content (AvgIpc) is 2.47. The van der Waals surface area contributed by atoms with Crippen molar-refractivity contribution in [3.63, 3.8) is 0 Å². The number of hydrogen-bond acceptors (Lipinski definition) is 5. The van der Waals surface area contributed by atoms with E-state index in [2.05, 4.69) is 5.32 Å². The van der Waals surface area contributed by atoms with E-state index in [1.54, 1.807) is 24.3 Å². The van der Waals surface area contributed by atoms with Crippen LogP contribution in [0.25, 0.3) is 0 Å². The molecular formula is C14H13N3O4. The molecule has 0 saturated heterocycles. The lowest BCUT2D eigenvalue weighted by molar-refractivity contribution is -0.385. The van der Waals surface area contributed by atoms with Crippen LogP contribution in [0.1, 0.15) is 18.5 Å². The molecule has 108 valence electrons. The summed E-state index contributed by atoms with van der Waals surface area (Å²) >= 11 is 0. The number of nitrogens with one attached hydrogen (secondary N) is 1. The summed E-state index contributed by atoms with van der Waals surface area (Å²) in [4.78, 5) is 20.6. The van der Waals surface area contributed by atoms with Gasteiger partial charge in [0.2, 0.25) is 0 Å². The highest BCUT2D eigenvalue weighted by Gasteiger charge is 2.12. The Morgan fingerprint density at radius 3 is 2.14 bits per heavy atom. The highest BCUT2D eigenvalue weighted by molar-refractivity contribution is 5.52. The summed E-state index contributed by atoms with van der Waals surface area (Å²) in [6.45, 7) is 1.83. The molecule has 1 atom stereocenters. The second kappa shape index (κ2) is 6.00. The van der Waals surface area contributed by atoms with Gasteiger partial charge in [-0.2, -0.15) is 0 Å². The van der Waals surface area contributed by atoms with Gasteiger partial charge in [-0.15, -0.1) is 0 Å². The summed E-state index contributed by atoms with van der Waals surface area (Å²) in [5.41, 5.74) is 1.32. The quantitative estimate of drug-likeness (QED) is 0.668. The van der Waals surface area contributed by atoms with Crippen LogP contribution in [0.4, 0.5) is 17.1 Å². The first-order valence-electron chi connectivity index (χ1n) is 6.22. The van der Waals surface area contributed by atoms with E-state index < -0.39 is 9.85 Å². The Labute approximate surface area is 120 Å². The summed E-state index contributed by atoms with van der Waals surface area (Å²) in [5.74, 6) is 0. The minimum atomic E-state index is -0.469. The molecule has 0 heterocycles. The van der Waals surface area contributed by atoms with Crippen LogP contribution in [-0.4, -0.2) is 9.85 Å². The third-order valence-electron chi connectivity index (χ3n) is 3.02. The number of nitro benzene ring substituents is 2. The first-order valence-corrected chi connectivity index (χ1v) is 6.22. The van der Waals surface area contributed by atoms with Gasteiger partial charge in [-0.05, 0) is 18.6 Å². The molecule has 0 spiro atoms. The van der Waals surface area contributed by atoms with Gasteiger partial charge in [0.15, 0.2) is 0 Å². The van der Waals surface area contributed by atoms with Crippen molar-refractivity contribution in [1.29, 1.82) is 0 Å². The fraction of sp³-hybridized carbons (Fsp3) is 0.143. The maximum atomic E-state index is 10.8. The Balaban J connectivity index is 2.19. The molecular weight excluding hydrogens is 274 g/mol. The number of hydrogen-bond donors (Lipinski definition) is 1. The lowest BCUT2D eigenvalue weighted by Crippen LogP contribution is -2.07. The van der Waals surface area contributed by atoms with E-state index in [0.29, 0.717) is 5.69 Å². The van der Waals surface area contributed by atoms with Crippen molar-refractivity contribution in [2.24, 2.45) is 0 Å². The van der Waals surface area contributed by atoms with E-state index in [9.17, 15) is 20.2 Å². The zero-order chi connectivity index (χ0) is 15.4. The van der Waals surface area contributed by atoms with E-state index in [1.807, 2.05) is 6.92 Å². The van der Waals surface area contributed by atoms with Crippen molar-refractivity contribution >= 4 is 17.1 Å². The second-order valence-corrected chi connectivity index (χ2v) is 4.53. The van der Waals surface area contributed by atoms with E-state index in [0.717, 1.165) is 5.56 Å². The van der Waals surface area contributed by atoms with Crippen LogP contribution < -0.4 is 5.32 Å². The van der Waals surface area contributed by atoms with Crippen molar-refractivity contribution in [1.82, 2.24) is 0 Å². The predicted octanol–water partition coefficient (Wildman–Crippen LogP) is 3.68. The Kier molecular flexibility index (Phi) is 4.13. The third-order valence-corrected chi connectivity index (χ3v) is 3.02. The summed E-state index contributed by atoms with van der Waals surface area (Å²) in [7, 11) is 0. The lowest BCUT2D eigenvalue weighted by Gasteiger charge is -2.15. The molecule has 0 saturated carbocycles. The SMILES string of the molecule is CC(Nc1cccc([N+](=O)[O-])c1)c1cccc([N+](=O)[O-])c1. The number of non-ortho nitro benzene ring substituents is 2. The zero-order valence-electron chi connectivity index (χ0n) is 11.2. The number of benzene rings is 2. The van der Waals surface area contributed by atoms with E-state index >= 15 is 0 Å². The fourth-order valence-electron chi connectivity index (χ4n) is 1.95. The molecule has 2 aromatic rings. The van der Waals surface area contributed by atoms with Gasteiger partial charge in [0.1, 0.15) is 0 Å². The Hall–Kier alpha value is -2.96. The van der Waals surface area contributed by atoms with Crippen molar-refractivity contribution in [3.05, 3.63) is 74.3 Å². The van der Waals surface area contributed by atoms with Crippen LogP contribution in [0.3, 0.4) is 0 Å². The van der Waals surface area contributed by atoms with Crippen molar-refractivity contribution in [3.8, 4) is 0 Å². The fourth-order valence-corrected chi connectivity index (χ4v) is 1.95. The molecule has 7 nitrogen and oxygen atoms in total. The maximum absolute atomic E-state index is 10.8. The van der Waals surface area contributed by atoms with E-state index in [-0.39, 0.29) is 17.4 Å². The van der Waals surface area contributed by atoms with Crippen molar-refractivity contribution in [2.75, 3.05) is 5.32 Å². The molecule has 7 heteroatoms. The summed E-state index contributed by atoms with van der Waals surface area (Å²) in [6.07, 6.45) is 0. The molecule has 2 aromatic carbocycles. The first kappa shape index (κ1) is 14.4. The molecule has 0 aliphatic heterocycles. The molecule has 0 bridgehead atoms. The van der Waals surface area contributed by atoms with Gasteiger partial charge in [-0.3, -0.25) is 20.2 Å². The van der Waals surface area contributed by atoms with Crippen LogP contribution in [0.5, 0.6) is 0 Å². The third kappa shape index (κ3) is 3.53. The lowest BCUT2D eigenvalue weighted by atomic mass is 10.1. The Bertz CT molecular complexity index is 687. The molecule has 0 radical (unpaired) electrons. The van der Waals surface area contributed by atoms with E-state index in [1.165, 1.54) is 24.3 Å². The molecule has 1 unspecified atom stereocenters. The monoisotopic (exact) mass is 287 g/mol. The van der Waals surface area contributed by atoms with Gasteiger partial charge in [0.05, 0.1) is 9.85 Å². The summed E-state index contributed by atoms with van der Waals surface area (Å²) < 4.78 is 0. The predicted molar refractivity (Wildman–Crippen MR) is 78.2 cm³/mol. The van der Waals surface area contributed by atoms with Gasteiger partial charge < -0.3 is 5.32 Å². The normalized spacial score (nSPS) is 11.7. The van der Waals surface area contributed by atoms with Crippen LogP contribution >= 0.6 is 0 Å². The second-order valence-electron chi connectivity index (χ2n) is 4.53. The number of nitro groups is 2. The Morgan fingerprint density at radius 1 is 0.952 bits per heavy atom. The molecule has 0 aliphatic carbocycles. The molecule has 21 heavy (non-hydrogen) atoms. The first-order chi connectivity index (χ1) is 9.97. The highest BCUT2D eigenvalue weighted by Crippen LogP contribution is 2.24. The van der Waals surface area contributed by atoms with Gasteiger partial charge >= 0.3 is 0 Å². The summed E-state index contributed by atoms with van der Waals surface area (Å²) in [6, 6.07) is 12.2. The standard InChI is InChI=1S/C14H13N3O4/c1-10(11-4-2-6-13(8-11)16(18)19)15-12-5-3-7-14(9-12)17(20)21/h2-10,15H,1H3. The number of nitrogens with zero attached hydrogens (tertiary/aromatic N) is 2. The molecule has 1 N–H and O–H groups in total. The molecule has 2 rings (SSSR count).